The third kappa shape index (κ3) is 78.0. The van der Waals surface area contributed by atoms with Crippen molar-refractivity contribution in [3.05, 3.63) is 0 Å². The van der Waals surface area contributed by atoms with Crippen molar-refractivity contribution < 1.29 is 30.4 Å². The Morgan fingerprint density at radius 2 is 1.33 bits per heavy atom. The van der Waals surface area contributed by atoms with Crippen molar-refractivity contribution in [2.24, 2.45) is 0 Å². The molecule has 6 heteroatoms. The van der Waals surface area contributed by atoms with Gasteiger partial charge < -0.3 is 0 Å². The van der Waals surface area contributed by atoms with Crippen molar-refractivity contribution >= 4 is 21.3 Å². The van der Waals surface area contributed by atoms with E-state index in [4.69, 9.17) is 13.3 Å². The Balaban J connectivity index is -0.0000000450. The van der Waals surface area contributed by atoms with Gasteiger partial charge in [0.1, 0.15) is 0 Å². The molecule has 0 heterocycles. The van der Waals surface area contributed by atoms with Gasteiger partial charge in [0, 0.05) is 27.0 Å². The van der Waals surface area contributed by atoms with Crippen LogP contribution in [0.4, 0.5) is 0 Å². The molecule has 4 radical (unpaired) electrons. The molecule has 0 aliphatic carbocycles. The van der Waals surface area contributed by atoms with E-state index in [1.54, 1.807) is 0 Å². The number of hydrogen-bond acceptors (Lipinski definition) is 1. The van der Waals surface area contributed by atoms with Crippen LogP contribution in [0.25, 0.3) is 0 Å². The van der Waals surface area contributed by atoms with Gasteiger partial charge in [-0.25, -0.2) is 0 Å². The van der Waals surface area contributed by atoms with Gasteiger partial charge in [-0.15, -0.1) is 0 Å². The molecule has 0 saturated carbocycles. The minimum atomic E-state index is -2.61. The molecule has 6 heavy (non-hydrogen) atoms. The molecule has 0 aromatic carbocycles. The molecule has 0 amide bonds. The molecule has 0 aliphatic heterocycles. The average molecular weight is 168 g/mol. The molecule has 0 unspecified atom stereocenters. The molecule has 3 nitrogen and oxygen atoms in total. The fourth-order valence-electron chi connectivity index (χ4n) is 0. The van der Waals surface area contributed by atoms with Gasteiger partial charge in [0.25, 0.3) is 11.4 Å². The molecule has 0 spiro atoms. The smallest absolute Gasteiger partial charge is 0.284 e. The molecular formula is H2MnO3PS. The summed E-state index contributed by atoms with van der Waals surface area (Å²) in [4.78, 5) is 0. The van der Waals surface area contributed by atoms with Crippen molar-refractivity contribution in [1.29, 1.82) is 0 Å². The third-order valence-corrected chi connectivity index (χ3v) is 0. The molecule has 38 valence electrons. The van der Waals surface area contributed by atoms with Gasteiger partial charge in [-0.1, -0.05) is 0 Å². The van der Waals surface area contributed by atoms with Crippen LogP contribution < -0.4 is 0 Å². The van der Waals surface area contributed by atoms with Crippen LogP contribution in [-0.4, -0.2) is 13.3 Å². The standard InChI is InChI=1S/Mn.H2O3S.P/c;1-4(2)3;/h;(H2,1,2,3);. The first-order valence-electron chi connectivity index (χ1n) is 0.532. The summed E-state index contributed by atoms with van der Waals surface area (Å²) in [6.07, 6.45) is 0. The Morgan fingerprint density at radius 3 is 1.33 bits per heavy atom. The van der Waals surface area contributed by atoms with Gasteiger partial charge in [0.15, 0.2) is 0 Å². The minimum Gasteiger partial charge on any atom is -0.284 e. The van der Waals surface area contributed by atoms with Crippen LogP contribution in [0.2, 0.25) is 0 Å². The Bertz CT molecular complexity index is 33.8. The maximum atomic E-state index is 8.67. The van der Waals surface area contributed by atoms with Gasteiger partial charge in [-0.3, -0.25) is 9.11 Å². The zero-order chi connectivity index (χ0) is 3.58. The molecule has 0 atom stereocenters. The Hall–Kier alpha value is 1.02. The van der Waals surface area contributed by atoms with E-state index in [-0.39, 0.29) is 27.0 Å². The Labute approximate surface area is 52.1 Å². The minimum absolute atomic E-state index is 0. The molecule has 0 aromatic rings. The zero-order valence-electron chi connectivity index (χ0n) is 2.54. The van der Waals surface area contributed by atoms with E-state index in [1.165, 1.54) is 0 Å². The second kappa shape index (κ2) is 9.39. The van der Waals surface area contributed by atoms with E-state index >= 15 is 0 Å². The van der Waals surface area contributed by atoms with Crippen molar-refractivity contribution in [2.45, 2.75) is 0 Å². The monoisotopic (exact) mass is 168 g/mol. The Kier molecular flexibility index (Phi) is 24.6. The van der Waals surface area contributed by atoms with Crippen molar-refractivity contribution in [3.8, 4) is 0 Å². The van der Waals surface area contributed by atoms with Crippen molar-refractivity contribution in [3.63, 3.8) is 0 Å². The molecule has 0 aliphatic rings. The van der Waals surface area contributed by atoms with Crippen LogP contribution in [0.3, 0.4) is 0 Å². The van der Waals surface area contributed by atoms with E-state index < -0.39 is 11.4 Å². The van der Waals surface area contributed by atoms with E-state index in [2.05, 4.69) is 0 Å². The number of rotatable bonds is 0. The normalized spacial score (nSPS) is 5.83. The maximum Gasteiger partial charge on any atom is 0.299 e. The van der Waals surface area contributed by atoms with Crippen LogP contribution in [0.15, 0.2) is 0 Å². The largest absolute Gasteiger partial charge is 0.299 e. The summed E-state index contributed by atoms with van der Waals surface area (Å²) in [6.45, 7) is 0. The van der Waals surface area contributed by atoms with Gasteiger partial charge in [-0.2, -0.15) is 4.21 Å². The predicted molar refractivity (Wildman–Crippen MR) is 20.3 cm³/mol. The molecule has 0 rings (SSSR count). The maximum absolute atomic E-state index is 8.67. The Morgan fingerprint density at radius 1 is 1.33 bits per heavy atom. The summed E-state index contributed by atoms with van der Waals surface area (Å²) >= 11 is -2.61. The van der Waals surface area contributed by atoms with Crippen LogP contribution >= 0.6 is 9.90 Å². The summed E-state index contributed by atoms with van der Waals surface area (Å²) in [5.74, 6) is 0. The van der Waals surface area contributed by atoms with Crippen molar-refractivity contribution in [2.75, 3.05) is 0 Å². The first kappa shape index (κ1) is 15.7. The zero-order valence-corrected chi connectivity index (χ0v) is 5.43. The van der Waals surface area contributed by atoms with Gasteiger partial charge in [0.05, 0.1) is 0 Å². The summed E-state index contributed by atoms with van der Waals surface area (Å²) in [6, 6.07) is 0. The molecule has 0 saturated heterocycles. The van der Waals surface area contributed by atoms with E-state index in [0.717, 1.165) is 0 Å². The van der Waals surface area contributed by atoms with E-state index in [0.29, 0.717) is 0 Å². The molecular weight excluding hydrogens is 166 g/mol. The fourth-order valence-corrected chi connectivity index (χ4v) is 0. The number of hydrogen-bond donors (Lipinski definition) is 2. The summed E-state index contributed by atoms with van der Waals surface area (Å²) in [5, 5.41) is 0. The topological polar surface area (TPSA) is 57.5 Å². The predicted octanol–water partition coefficient (Wildman–Crippen LogP) is 0.540. The van der Waals surface area contributed by atoms with E-state index in [1.807, 2.05) is 0 Å². The second-order valence-electron chi connectivity index (χ2n) is 0.231. The van der Waals surface area contributed by atoms with Crippen LogP contribution in [-0.2, 0) is 28.4 Å². The first-order chi connectivity index (χ1) is 1.73. The van der Waals surface area contributed by atoms with Gasteiger partial charge in [0.2, 0.25) is 0 Å². The van der Waals surface area contributed by atoms with Gasteiger partial charge in [-0.05, 0) is 0 Å². The third-order valence-electron chi connectivity index (χ3n) is 0. The summed E-state index contributed by atoms with van der Waals surface area (Å²) in [7, 11) is 0. The molecule has 0 bridgehead atoms. The summed E-state index contributed by atoms with van der Waals surface area (Å²) < 4.78 is 22.8. The summed E-state index contributed by atoms with van der Waals surface area (Å²) in [5.41, 5.74) is 0. The van der Waals surface area contributed by atoms with Crippen LogP contribution in [0.1, 0.15) is 0 Å². The van der Waals surface area contributed by atoms with Crippen molar-refractivity contribution in [1.82, 2.24) is 0 Å². The SMILES string of the molecule is O=S(O)O.[Mn].[P]. The molecule has 0 fully saturated rings. The average Bonchev–Trinajstić information content (AvgIpc) is 0.811. The van der Waals surface area contributed by atoms with Gasteiger partial charge >= 0.3 is 0 Å². The van der Waals surface area contributed by atoms with Crippen LogP contribution in [0, 0.1) is 0 Å². The molecule has 0 aromatic heterocycles. The quantitative estimate of drug-likeness (QED) is 0.315. The second-order valence-corrected chi connectivity index (χ2v) is 0.692. The van der Waals surface area contributed by atoms with E-state index in [9.17, 15) is 0 Å². The first-order valence-corrected chi connectivity index (χ1v) is 1.60. The molecule has 2 N–H and O–H groups in total. The fraction of sp³-hybridized carbons (Fsp3) is 0. The van der Waals surface area contributed by atoms with Crippen LogP contribution in [0.5, 0.6) is 0 Å².